The summed E-state index contributed by atoms with van der Waals surface area (Å²) in [5.41, 5.74) is 11.3. The standard InChI is InChI=1S/C42H58N4/c1-5-7-9-11-13-15-17-31(3)27-37-39-23-19-33(43-39)29-35-21-25-41(45-35)38(28-32(4)18-16-14-12-10-8-6-2)42-26-22-36(46-42)30-34-20-24-40(37)44-34/h19-26,29-32,43,46H,5-18,27-28H2,1-4H3. The number of nitrogens with zero attached hydrogens (tertiary/aromatic N) is 2. The van der Waals surface area contributed by atoms with Gasteiger partial charge in [-0.05, 0) is 85.4 Å². The number of fused-ring (bicyclic) bond motifs is 8. The highest BCUT2D eigenvalue weighted by molar-refractivity contribution is 5.80. The molecule has 4 nitrogen and oxygen atoms in total. The van der Waals surface area contributed by atoms with E-state index in [0.717, 1.165) is 46.7 Å². The summed E-state index contributed by atoms with van der Waals surface area (Å²) in [4.78, 5) is 17.8. The smallest absolute Gasteiger partial charge is 0.0690 e. The number of aromatic nitrogens is 4. The van der Waals surface area contributed by atoms with Gasteiger partial charge in [0.2, 0.25) is 0 Å². The van der Waals surface area contributed by atoms with E-state index in [4.69, 9.17) is 9.97 Å². The Morgan fingerprint density at radius 3 is 1.37 bits per heavy atom. The Hall–Kier alpha value is -3.40. The average Bonchev–Trinajstić information content (AvgIpc) is 3.87. The summed E-state index contributed by atoms with van der Waals surface area (Å²) in [6.07, 6.45) is 29.5. The van der Waals surface area contributed by atoms with Crippen molar-refractivity contribution >= 4 is 46.4 Å². The van der Waals surface area contributed by atoms with E-state index in [9.17, 15) is 0 Å². The molecule has 2 aliphatic rings. The van der Waals surface area contributed by atoms with Crippen molar-refractivity contribution in [3.05, 3.63) is 70.3 Å². The third-order valence-corrected chi connectivity index (χ3v) is 9.82. The van der Waals surface area contributed by atoms with Crippen molar-refractivity contribution < 1.29 is 0 Å². The highest BCUT2D eigenvalue weighted by Gasteiger charge is 2.15. The Balaban J connectivity index is 1.44. The molecule has 0 radical (unpaired) electrons. The highest BCUT2D eigenvalue weighted by Crippen LogP contribution is 2.27. The fourth-order valence-electron chi connectivity index (χ4n) is 7.07. The van der Waals surface area contributed by atoms with E-state index in [1.807, 2.05) is 0 Å². The monoisotopic (exact) mass is 618 g/mol. The van der Waals surface area contributed by atoms with Crippen LogP contribution in [-0.2, 0) is 12.8 Å². The summed E-state index contributed by atoms with van der Waals surface area (Å²) < 4.78 is 0. The van der Waals surface area contributed by atoms with Crippen molar-refractivity contribution in [3.8, 4) is 0 Å². The second-order valence-electron chi connectivity index (χ2n) is 14.1. The van der Waals surface area contributed by atoms with Crippen LogP contribution in [0, 0.1) is 11.8 Å². The summed E-state index contributed by atoms with van der Waals surface area (Å²) in [5, 5.41) is 0. The van der Waals surface area contributed by atoms with Crippen molar-refractivity contribution in [2.45, 2.75) is 130 Å². The molecule has 2 N–H and O–H groups in total. The van der Waals surface area contributed by atoms with Crippen molar-refractivity contribution in [2.24, 2.45) is 11.8 Å². The Morgan fingerprint density at radius 2 is 0.935 bits per heavy atom. The van der Waals surface area contributed by atoms with Gasteiger partial charge in [-0.25, -0.2) is 9.97 Å². The average molecular weight is 619 g/mol. The van der Waals surface area contributed by atoms with Crippen LogP contribution in [-0.4, -0.2) is 19.9 Å². The normalized spacial score (nSPS) is 13.8. The molecule has 5 heterocycles. The first-order valence-electron chi connectivity index (χ1n) is 18.6. The molecule has 0 aromatic carbocycles. The fraction of sp³-hybridized carbons (Fsp3) is 0.524. The topological polar surface area (TPSA) is 57.4 Å². The lowest BCUT2D eigenvalue weighted by atomic mass is 9.94. The van der Waals surface area contributed by atoms with Gasteiger partial charge in [0.25, 0.3) is 0 Å². The van der Waals surface area contributed by atoms with Crippen LogP contribution < -0.4 is 0 Å². The number of rotatable bonds is 18. The van der Waals surface area contributed by atoms with Crippen LogP contribution in [0.1, 0.15) is 151 Å². The van der Waals surface area contributed by atoms with Gasteiger partial charge in [0.15, 0.2) is 0 Å². The molecule has 0 fully saturated rings. The van der Waals surface area contributed by atoms with E-state index in [2.05, 4.69) is 98.4 Å². The zero-order valence-electron chi connectivity index (χ0n) is 29.1. The van der Waals surface area contributed by atoms with Gasteiger partial charge in [-0.15, -0.1) is 0 Å². The molecule has 3 aromatic rings. The van der Waals surface area contributed by atoms with E-state index in [0.29, 0.717) is 11.8 Å². The van der Waals surface area contributed by atoms with Gasteiger partial charge in [0, 0.05) is 33.2 Å². The molecule has 2 atom stereocenters. The van der Waals surface area contributed by atoms with Crippen LogP contribution in [0.2, 0.25) is 0 Å². The zero-order chi connectivity index (χ0) is 32.1. The Kier molecular flexibility index (Phi) is 12.9. The second-order valence-corrected chi connectivity index (χ2v) is 14.1. The molecular formula is C42H58N4. The van der Waals surface area contributed by atoms with Crippen LogP contribution in [0.15, 0.2) is 36.4 Å². The molecule has 4 heteroatoms. The van der Waals surface area contributed by atoms with E-state index >= 15 is 0 Å². The lowest BCUT2D eigenvalue weighted by Crippen LogP contribution is -2.02. The largest absolute Gasteiger partial charge is 0.355 e. The maximum absolute atomic E-state index is 5.15. The van der Waals surface area contributed by atoms with Gasteiger partial charge in [-0.1, -0.05) is 118 Å². The van der Waals surface area contributed by atoms with Crippen LogP contribution in [0.4, 0.5) is 0 Å². The molecular weight excluding hydrogens is 560 g/mol. The minimum atomic E-state index is 0.606. The summed E-state index contributed by atoms with van der Waals surface area (Å²) in [7, 11) is 0. The van der Waals surface area contributed by atoms with E-state index < -0.39 is 0 Å². The number of hydrogen-bond acceptors (Lipinski definition) is 2. The summed E-state index contributed by atoms with van der Waals surface area (Å²) in [6.45, 7) is 9.39. The summed E-state index contributed by atoms with van der Waals surface area (Å²) >= 11 is 0. The van der Waals surface area contributed by atoms with E-state index in [1.165, 1.54) is 112 Å². The van der Waals surface area contributed by atoms with Gasteiger partial charge in [0.1, 0.15) is 0 Å². The second kappa shape index (κ2) is 17.5. The third kappa shape index (κ3) is 9.80. The minimum absolute atomic E-state index is 0.606. The first-order valence-corrected chi connectivity index (χ1v) is 18.6. The SMILES string of the molecule is CCCCCCCCC(C)Cc1c2nc(cc3ccc([nH]3)c(CC(C)CCCCCCCC)c3nc(cc4ccc1[nH]4)C=C3)C=C2. The Morgan fingerprint density at radius 1 is 0.522 bits per heavy atom. The van der Waals surface area contributed by atoms with Gasteiger partial charge in [0.05, 0.1) is 22.8 Å². The predicted octanol–water partition coefficient (Wildman–Crippen LogP) is 12.5. The first kappa shape index (κ1) is 33.9. The molecule has 0 amide bonds. The van der Waals surface area contributed by atoms with Gasteiger partial charge in [-0.3, -0.25) is 0 Å². The summed E-state index contributed by atoms with van der Waals surface area (Å²) in [6, 6.07) is 13.2. The number of H-pyrrole nitrogens is 2. The van der Waals surface area contributed by atoms with Crippen molar-refractivity contribution in [2.75, 3.05) is 0 Å². The van der Waals surface area contributed by atoms with Crippen molar-refractivity contribution in [1.29, 1.82) is 0 Å². The molecule has 5 rings (SSSR count). The number of hydrogen-bond donors (Lipinski definition) is 2. The number of aromatic amines is 2. The molecule has 0 aliphatic carbocycles. The van der Waals surface area contributed by atoms with Gasteiger partial charge < -0.3 is 9.97 Å². The molecule has 3 aromatic heterocycles. The number of unbranched alkanes of at least 4 members (excludes halogenated alkanes) is 10. The van der Waals surface area contributed by atoms with Crippen LogP contribution >= 0.6 is 0 Å². The maximum atomic E-state index is 5.15. The van der Waals surface area contributed by atoms with Crippen molar-refractivity contribution in [1.82, 2.24) is 19.9 Å². The maximum Gasteiger partial charge on any atom is 0.0690 e. The minimum Gasteiger partial charge on any atom is -0.355 e. The van der Waals surface area contributed by atoms with Crippen LogP contribution in [0.3, 0.4) is 0 Å². The first-order chi connectivity index (χ1) is 22.5. The summed E-state index contributed by atoms with van der Waals surface area (Å²) in [5.74, 6) is 1.21. The van der Waals surface area contributed by atoms with E-state index in [1.54, 1.807) is 0 Å². The highest BCUT2D eigenvalue weighted by atomic mass is 14.8. The van der Waals surface area contributed by atoms with Crippen LogP contribution in [0.25, 0.3) is 46.4 Å². The van der Waals surface area contributed by atoms with Gasteiger partial charge >= 0.3 is 0 Å². The molecule has 2 unspecified atom stereocenters. The van der Waals surface area contributed by atoms with E-state index in [-0.39, 0.29) is 0 Å². The lowest BCUT2D eigenvalue weighted by molar-refractivity contribution is 0.481. The van der Waals surface area contributed by atoms with Crippen molar-refractivity contribution in [3.63, 3.8) is 0 Å². The fourth-order valence-corrected chi connectivity index (χ4v) is 7.07. The molecule has 2 aliphatic heterocycles. The molecule has 0 spiro atoms. The molecule has 46 heavy (non-hydrogen) atoms. The predicted molar refractivity (Wildman–Crippen MR) is 201 cm³/mol. The zero-order valence-corrected chi connectivity index (χ0v) is 29.1. The molecule has 8 bridgehead atoms. The number of nitrogens with one attached hydrogen (secondary N) is 2. The van der Waals surface area contributed by atoms with Crippen LogP contribution in [0.5, 0.6) is 0 Å². The quantitative estimate of drug-likeness (QED) is 0.0960. The molecule has 246 valence electrons. The third-order valence-electron chi connectivity index (χ3n) is 9.82. The molecule has 0 saturated heterocycles. The molecule has 0 saturated carbocycles. The lowest BCUT2D eigenvalue weighted by Gasteiger charge is -2.12. The Bertz CT molecular complexity index is 1500. The van der Waals surface area contributed by atoms with Gasteiger partial charge in [-0.2, -0.15) is 0 Å². The Labute approximate surface area is 278 Å².